The molecule has 0 unspecified atom stereocenters. The molecule has 180 valence electrons. The van der Waals surface area contributed by atoms with Crippen LogP contribution in [0.1, 0.15) is 49.1 Å². The molecule has 2 aromatic rings. The topological polar surface area (TPSA) is 96.9 Å². The minimum Gasteiger partial charge on any atom is -0.487 e. The zero-order chi connectivity index (χ0) is 23.7. The Morgan fingerprint density at radius 2 is 1.91 bits per heavy atom. The first-order valence-corrected chi connectivity index (χ1v) is 11.9. The van der Waals surface area contributed by atoms with Crippen LogP contribution in [0.5, 0.6) is 5.75 Å². The van der Waals surface area contributed by atoms with E-state index in [0.29, 0.717) is 30.1 Å². The van der Waals surface area contributed by atoms with Gasteiger partial charge in [-0.2, -0.15) is 0 Å². The standard InChI is InChI=1S/C26H29FN2O5/c27-21-4-2-1-3-16(21)13-28-24(31)12-18-11-20-19-10-17(29-25(32)9-15-5-6-15)7-8-22(19)34-26(20)23(14-30)33-18/h1-4,7-8,10,15,18,20,23,26,30H,5-6,9,11-14H2,(H,28,31)(H,29,32)/t18-,20+,23-,26-/m0/s1. The van der Waals surface area contributed by atoms with Gasteiger partial charge in [-0.05, 0) is 49.4 Å². The average Bonchev–Trinajstić information content (AvgIpc) is 3.56. The third-order valence-corrected chi connectivity index (χ3v) is 6.80. The first kappa shape index (κ1) is 22.8. The van der Waals surface area contributed by atoms with Gasteiger partial charge >= 0.3 is 0 Å². The molecule has 7 nitrogen and oxygen atoms in total. The van der Waals surface area contributed by atoms with Crippen LogP contribution in [-0.2, 0) is 20.9 Å². The van der Waals surface area contributed by atoms with E-state index in [-0.39, 0.29) is 49.2 Å². The van der Waals surface area contributed by atoms with Crippen molar-refractivity contribution < 1.29 is 28.6 Å². The van der Waals surface area contributed by atoms with Crippen molar-refractivity contribution in [3.63, 3.8) is 0 Å². The Labute approximate surface area is 197 Å². The summed E-state index contributed by atoms with van der Waals surface area (Å²) in [6.07, 6.45) is 2.09. The molecule has 8 heteroatoms. The number of hydrogen-bond donors (Lipinski definition) is 3. The lowest BCUT2D eigenvalue weighted by Gasteiger charge is -2.37. The van der Waals surface area contributed by atoms with Crippen LogP contribution in [0.15, 0.2) is 42.5 Å². The summed E-state index contributed by atoms with van der Waals surface area (Å²) in [7, 11) is 0. The number of halogens is 1. The van der Waals surface area contributed by atoms with Crippen molar-refractivity contribution in [2.75, 3.05) is 11.9 Å². The van der Waals surface area contributed by atoms with E-state index in [1.807, 2.05) is 18.2 Å². The monoisotopic (exact) mass is 468 g/mol. The highest BCUT2D eigenvalue weighted by Crippen LogP contribution is 2.47. The Bertz CT molecular complexity index is 1070. The number of amides is 2. The molecule has 1 saturated carbocycles. The van der Waals surface area contributed by atoms with Gasteiger partial charge in [0.1, 0.15) is 23.8 Å². The van der Waals surface area contributed by atoms with Gasteiger partial charge in [-0.1, -0.05) is 18.2 Å². The third-order valence-electron chi connectivity index (χ3n) is 6.80. The Kier molecular flexibility index (Phi) is 6.52. The van der Waals surface area contributed by atoms with E-state index in [0.717, 1.165) is 24.1 Å². The number of hydrogen-bond acceptors (Lipinski definition) is 5. The summed E-state index contributed by atoms with van der Waals surface area (Å²) >= 11 is 0. The predicted octanol–water partition coefficient (Wildman–Crippen LogP) is 3.27. The molecule has 1 saturated heterocycles. The predicted molar refractivity (Wildman–Crippen MR) is 123 cm³/mol. The number of fused-ring (bicyclic) bond motifs is 3. The molecule has 0 aromatic heterocycles. The number of ether oxygens (including phenoxy) is 2. The van der Waals surface area contributed by atoms with Crippen LogP contribution in [0.3, 0.4) is 0 Å². The lowest BCUT2D eigenvalue weighted by atomic mass is 9.84. The van der Waals surface area contributed by atoms with E-state index in [4.69, 9.17) is 9.47 Å². The molecule has 3 N–H and O–H groups in total. The van der Waals surface area contributed by atoms with Crippen LogP contribution < -0.4 is 15.4 Å². The van der Waals surface area contributed by atoms with Gasteiger partial charge in [0.05, 0.1) is 19.1 Å². The van der Waals surface area contributed by atoms with E-state index in [2.05, 4.69) is 10.6 Å². The Morgan fingerprint density at radius 3 is 2.68 bits per heavy atom. The van der Waals surface area contributed by atoms with Gasteiger partial charge in [0.25, 0.3) is 0 Å². The van der Waals surface area contributed by atoms with Crippen LogP contribution in [0.2, 0.25) is 0 Å². The molecule has 0 radical (unpaired) electrons. The first-order valence-electron chi connectivity index (χ1n) is 11.9. The SMILES string of the molecule is O=C(C[C@@H]1C[C@@H]2c3cc(NC(=O)CC4CC4)ccc3O[C@@H]2[C@H](CO)O1)NCc1ccccc1F. The van der Waals surface area contributed by atoms with E-state index in [9.17, 15) is 19.1 Å². The van der Waals surface area contributed by atoms with Gasteiger partial charge in [0.2, 0.25) is 11.8 Å². The lowest BCUT2D eigenvalue weighted by molar-refractivity contribution is -0.142. The molecule has 3 aliphatic rings. The number of rotatable bonds is 8. The molecule has 0 bridgehead atoms. The van der Waals surface area contributed by atoms with Crippen molar-refractivity contribution in [2.45, 2.75) is 62.9 Å². The van der Waals surface area contributed by atoms with Gasteiger partial charge in [0.15, 0.2) is 0 Å². The summed E-state index contributed by atoms with van der Waals surface area (Å²) in [4.78, 5) is 24.8. The molecule has 1 aliphatic carbocycles. The molecule has 5 rings (SSSR count). The summed E-state index contributed by atoms with van der Waals surface area (Å²) in [6, 6.07) is 11.9. The maximum Gasteiger partial charge on any atom is 0.224 e. The molecule has 34 heavy (non-hydrogen) atoms. The second-order valence-electron chi connectivity index (χ2n) is 9.42. The van der Waals surface area contributed by atoms with Crippen molar-refractivity contribution in [1.82, 2.24) is 5.32 Å². The third kappa shape index (κ3) is 5.08. The fourth-order valence-electron chi connectivity index (χ4n) is 4.88. The Hall–Kier alpha value is -2.97. The van der Waals surface area contributed by atoms with Crippen LogP contribution >= 0.6 is 0 Å². The van der Waals surface area contributed by atoms with Gasteiger partial charge in [-0.15, -0.1) is 0 Å². The number of benzene rings is 2. The van der Waals surface area contributed by atoms with Crippen molar-refractivity contribution in [1.29, 1.82) is 0 Å². The fourth-order valence-corrected chi connectivity index (χ4v) is 4.88. The number of aliphatic hydroxyl groups is 1. The number of nitrogens with one attached hydrogen (secondary N) is 2. The van der Waals surface area contributed by atoms with Crippen molar-refractivity contribution >= 4 is 17.5 Å². The smallest absolute Gasteiger partial charge is 0.224 e. The molecule has 4 atom stereocenters. The van der Waals surface area contributed by atoms with E-state index < -0.39 is 12.2 Å². The van der Waals surface area contributed by atoms with Gasteiger partial charge in [0, 0.05) is 35.7 Å². The highest BCUT2D eigenvalue weighted by Gasteiger charge is 2.46. The maximum absolute atomic E-state index is 13.8. The summed E-state index contributed by atoms with van der Waals surface area (Å²) < 4.78 is 25.9. The average molecular weight is 469 g/mol. The molecular formula is C26H29FN2O5. The Morgan fingerprint density at radius 1 is 1.09 bits per heavy atom. The van der Waals surface area contributed by atoms with Gasteiger partial charge in [-0.25, -0.2) is 4.39 Å². The van der Waals surface area contributed by atoms with E-state index >= 15 is 0 Å². The van der Waals surface area contributed by atoms with E-state index in [1.165, 1.54) is 6.07 Å². The van der Waals surface area contributed by atoms with Crippen LogP contribution in [-0.4, -0.2) is 41.8 Å². The molecule has 2 aliphatic heterocycles. The largest absolute Gasteiger partial charge is 0.487 e. The molecule has 2 heterocycles. The van der Waals surface area contributed by atoms with E-state index in [1.54, 1.807) is 18.2 Å². The number of aliphatic hydroxyl groups excluding tert-OH is 1. The normalized spacial score (nSPS) is 25.1. The molecule has 0 spiro atoms. The Balaban J connectivity index is 1.23. The second kappa shape index (κ2) is 9.72. The summed E-state index contributed by atoms with van der Waals surface area (Å²) in [5.74, 6) is 0.562. The molecule has 2 aromatic carbocycles. The number of anilines is 1. The van der Waals surface area contributed by atoms with Crippen molar-refractivity contribution in [3.05, 3.63) is 59.4 Å². The zero-order valence-corrected chi connectivity index (χ0v) is 18.8. The quantitative estimate of drug-likeness (QED) is 0.553. The highest BCUT2D eigenvalue weighted by molar-refractivity contribution is 5.91. The molecular weight excluding hydrogens is 439 g/mol. The fraction of sp³-hybridized carbons (Fsp3) is 0.462. The van der Waals surface area contributed by atoms with Gasteiger partial charge < -0.3 is 25.2 Å². The van der Waals surface area contributed by atoms with Crippen LogP contribution in [0, 0.1) is 11.7 Å². The minimum absolute atomic E-state index is 0.0162. The molecule has 2 amide bonds. The zero-order valence-electron chi connectivity index (χ0n) is 18.8. The first-order chi connectivity index (χ1) is 16.5. The number of carbonyl (C=O) groups is 2. The lowest BCUT2D eigenvalue weighted by Crippen LogP contribution is -2.47. The summed E-state index contributed by atoms with van der Waals surface area (Å²) in [5, 5.41) is 15.6. The highest BCUT2D eigenvalue weighted by atomic mass is 19.1. The summed E-state index contributed by atoms with van der Waals surface area (Å²) in [5.41, 5.74) is 2.09. The maximum atomic E-state index is 13.8. The van der Waals surface area contributed by atoms with Crippen LogP contribution in [0.4, 0.5) is 10.1 Å². The van der Waals surface area contributed by atoms with Crippen LogP contribution in [0.25, 0.3) is 0 Å². The summed E-state index contributed by atoms with van der Waals surface area (Å²) in [6.45, 7) is -0.128. The molecule has 2 fully saturated rings. The van der Waals surface area contributed by atoms with Crippen molar-refractivity contribution in [3.8, 4) is 5.75 Å². The van der Waals surface area contributed by atoms with Gasteiger partial charge in [-0.3, -0.25) is 9.59 Å². The minimum atomic E-state index is -0.566. The number of carbonyl (C=O) groups excluding carboxylic acids is 2. The second-order valence-corrected chi connectivity index (χ2v) is 9.42. The van der Waals surface area contributed by atoms with Crippen molar-refractivity contribution in [2.24, 2.45) is 5.92 Å².